The summed E-state index contributed by atoms with van der Waals surface area (Å²) in [5.41, 5.74) is 7.51. The summed E-state index contributed by atoms with van der Waals surface area (Å²) in [6.45, 7) is 0. The number of nitrogens with one attached hydrogen (secondary N) is 1. The Balaban J connectivity index is 1.66. The molecule has 4 heteroatoms. The van der Waals surface area contributed by atoms with Gasteiger partial charge in [0.1, 0.15) is 10.8 Å². The second-order valence-electron chi connectivity index (χ2n) is 7.38. The molecule has 4 saturated carbocycles. The van der Waals surface area contributed by atoms with Crippen LogP contribution in [0, 0.1) is 23.6 Å². The monoisotopic (exact) mass is 304 g/mol. The summed E-state index contributed by atoms with van der Waals surface area (Å²) in [6.07, 6.45) is 7.96. The number of thiocarbonyl (C=S) groups is 1. The number of anilines is 1. The molecule has 0 heterocycles. The lowest BCUT2D eigenvalue weighted by atomic mass is 9.53. The lowest BCUT2D eigenvalue weighted by Gasteiger charge is -2.57. The number of rotatable bonds is 3. The Kier molecular flexibility index (Phi) is 3.00. The van der Waals surface area contributed by atoms with Crippen LogP contribution < -0.4 is 11.1 Å². The number of hydrogen-bond acceptors (Lipinski definition) is 2. The molecule has 1 aromatic carbocycles. The summed E-state index contributed by atoms with van der Waals surface area (Å²) in [5, 5.41) is 3.73. The molecule has 0 spiro atoms. The standard InChI is InChI=1S/C17H21FN2S/c18-13-1-2-15(14(6-13)16(19)21)20-17-7-10-3-11(8-17)5-12(4-10)9-17/h1-2,6,10-12,20H,3-5,7-9H2,(H2,19,21). The van der Waals surface area contributed by atoms with E-state index in [0.717, 1.165) is 23.4 Å². The van der Waals surface area contributed by atoms with E-state index in [-0.39, 0.29) is 16.3 Å². The van der Waals surface area contributed by atoms with Crippen LogP contribution in [-0.2, 0) is 0 Å². The van der Waals surface area contributed by atoms with Gasteiger partial charge in [0.25, 0.3) is 0 Å². The highest BCUT2D eigenvalue weighted by molar-refractivity contribution is 7.80. The van der Waals surface area contributed by atoms with Crippen LogP contribution >= 0.6 is 12.2 Å². The minimum absolute atomic E-state index is 0.187. The van der Waals surface area contributed by atoms with E-state index in [9.17, 15) is 4.39 Å². The predicted octanol–water partition coefficient (Wildman–Crippen LogP) is 3.84. The summed E-state index contributed by atoms with van der Waals surface area (Å²) >= 11 is 5.09. The second kappa shape index (κ2) is 4.67. The minimum Gasteiger partial charge on any atom is -0.389 e. The van der Waals surface area contributed by atoms with Gasteiger partial charge in [0.2, 0.25) is 0 Å². The Morgan fingerprint density at radius 1 is 1.14 bits per heavy atom. The van der Waals surface area contributed by atoms with Crippen molar-refractivity contribution in [2.45, 2.75) is 44.1 Å². The van der Waals surface area contributed by atoms with Crippen molar-refractivity contribution in [2.24, 2.45) is 23.5 Å². The first-order chi connectivity index (χ1) is 10.0. The lowest BCUT2D eigenvalue weighted by molar-refractivity contribution is 0.0107. The van der Waals surface area contributed by atoms with Crippen molar-refractivity contribution in [3.05, 3.63) is 29.6 Å². The molecule has 0 radical (unpaired) electrons. The lowest BCUT2D eigenvalue weighted by Crippen LogP contribution is -2.55. The van der Waals surface area contributed by atoms with Crippen LogP contribution in [0.4, 0.5) is 10.1 Å². The molecule has 21 heavy (non-hydrogen) atoms. The molecule has 0 unspecified atom stereocenters. The molecule has 0 atom stereocenters. The summed E-state index contributed by atoms with van der Waals surface area (Å²) in [7, 11) is 0. The van der Waals surface area contributed by atoms with E-state index in [2.05, 4.69) is 5.32 Å². The highest BCUT2D eigenvalue weighted by Gasteiger charge is 2.51. The molecule has 0 saturated heterocycles. The van der Waals surface area contributed by atoms with Gasteiger partial charge in [-0.3, -0.25) is 0 Å². The zero-order chi connectivity index (χ0) is 14.6. The predicted molar refractivity (Wildman–Crippen MR) is 86.8 cm³/mol. The van der Waals surface area contributed by atoms with Gasteiger partial charge in [-0.2, -0.15) is 0 Å². The molecule has 0 amide bonds. The van der Waals surface area contributed by atoms with Gasteiger partial charge in [0, 0.05) is 16.8 Å². The van der Waals surface area contributed by atoms with E-state index in [1.807, 2.05) is 0 Å². The average Bonchev–Trinajstić information content (AvgIpc) is 2.38. The van der Waals surface area contributed by atoms with E-state index in [0.29, 0.717) is 5.56 Å². The number of halogens is 1. The molecule has 4 bridgehead atoms. The minimum atomic E-state index is -0.283. The Morgan fingerprint density at radius 3 is 2.24 bits per heavy atom. The van der Waals surface area contributed by atoms with Crippen molar-refractivity contribution in [3.63, 3.8) is 0 Å². The smallest absolute Gasteiger partial charge is 0.124 e. The summed E-state index contributed by atoms with van der Waals surface area (Å²) < 4.78 is 13.5. The molecule has 4 aliphatic rings. The van der Waals surface area contributed by atoms with E-state index < -0.39 is 0 Å². The quantitative estimate of drug-likeness (QED) is 0.833. The molecular formula is C17H21FN2S. The van der Waals surface area contributed by atoms with Crippen LogP contribution in [0.15, 0.2) is 18.2 Å². The van der Waals surface area contributed by atoms with Crippen LogP contribution in [0.3, 0.4) is 0 Å². The molecule has 2 nitrogen and oxygen atoms in total. The van der Waals surface area contributed by atoms with Crippen molar-refractivity contribution in [1.82, 2.24) is 0 Å². The first kappa shape index (κ1) is 13.5. The first-order valence-corrected chi connectivity index (χ1v) is 8.31. The van der Waals surface area contributed by atoms with Gasteiger partial charge in [-0.05, 0) is 74.5 Å². The molecular weight excluding hydrogens is 283 g/mol. The highest BCUT2D eigenvalue weighted by atomic mass is 32.1. The number of nitrogens with two attached hydrogens (primary N) is 1. The third-order valence-electron chi connectivity index (χ3n) is 5.69. The zero-order valence-electron chi connectivity index (χ0n) is 12.1. The van der Waals surface area contributed by atoms with Gasteiger partial charge in [0.15, 0.2) is 0 Å². The SMILES string of the molecule is NC(=S)c1cc(F)ccc1NC12CC3CC(CC(C3)C1)C2. The van der Waals surface area contributed by atoms with E-state index in [1.54, 1.807) is 6.07 Å². The normalized spacial score (nSPS) is 36.7. The average molecular weight is 304 g/mol. The van der Waals surface area contributed by atoms with Crippen molar-refractivity contribution in [2.75, 3.05) is 5.32 Å². The van der Waals surface area contributed by atoms with Gasteiger partial charge >= 0.3 is 0 Å². The first-order valence-electron chi connectivity index (χ1n) is 7.90. The molecule has 3 N–H and O–H groups in total. The van der Waals surface area contributed by atoms with Crippen LogP contribution in [0.2, 0.25) is 0 Å². The molecule has 5 rings (SSSR count). The van der Waals surface area contributed by atoms with Crippen LogP contribution in [-0.4, -0.2) is 10.5 Å². The maximum absolute atomic E-state index is 13.5. The van der Waals surface area contributed by atoms with Crippen molar-refractivity contribution >= 4 is 22.9 Å². The third-order valence-corrected chi connectivity index (χ3v) is 5.91. The fourth-order valence-corrected chi connectivity index (χ4v) is 5.55. The van der Waals surface area contributed by atoms with Crippen molar-refractivity contribution in [1.29, 1.82) is 0 Å². The molecule has 0 aromatic heterocycles. The van der Waals surface area contributed by atoms with Gasteiger partial charge in [0.05, 0.1) is 0 Å². The van der Waals surface area contributed by atoms with Crippen molar-refractivity contribution < 1.29 is 4.39 Å². The molecule has 1 aromatic rings. The summed E-state index contributed by atoms with van der Waals surface area (Å²) in [5.74, 6) is 2.33. The number of benzene rings is 1. The zero-order valence-corrected chi connectivity index (χ0v) is 12.9. The highest BCUT2D eigenvalue weighted by Crippen LogP contribution is 2.56. The second-order valence-corrected chi connectivity index (χ2v) is 7.82. The van der Waals surface area contributed by atoms with Crippen molar-refractivity contribution in [3.8, 4) is 0 Å². The summed E-state index contributed by atoms with van der Waals surface area (Å²) in [6, 6.07) is 4.73. The van der Waals surface area contributed by atoms with Crippen LogP contribution in [0.25, 0.3) is 0 Å². The molecule has 4 aliphatic carbocycles. The Bertz CT molecular complexity index is 563. The van der Waals surface area contributed by atoms with Crippen LogP contribution in [0.1, 0.15) is 44.1 Å². The molecule has 4 fully saturated rings. The Hall–Kier alpha value is -1.16. The molecule has 0 aliphatic heterocycles. The van der Waals surface area contributed by atoms with Gasteiger partial charge < -0.3 is 11.1 Å². The molecule has 112 valence electrons. The van der Waals surface area contributed by atoms with Gasteiger partial charge in [-0.15, -0.1) is 0 Å². The van der Waals surface area contributed by atoms with Crippen LogP contribution in [0.5, 0.6) is 0 Å². The summed E-state index contributed by atoms with van der Waals surface area (Å²) in [4.78, 5) is 0.265. The Morgan fingerprint density at radius 2 is 1.71 bits per heavy atom. The maximum Gasteiger partial charge on any atom is 0.124 e. The fraction of sp³-hybridized carbons (Fsp3) is 0.588. The van der Waals surface area contributed by atoms with Gasteiger partial charge in [-0.1, -0.05) is 12.2 Å². The van der Waals surface area contributed by atoms with E-state index in [4.69, 9.17) is 18.0 Å². The van der Waals surface area contributed by atoms with E-state index >= 15 is 0 Å². The topological polar surface area (TPSA) is 38.0 Å². The number of hydrogen-bond donors (Lipinski definition) is 2. The van der Waals surface area contributed by atoms with Gasteiger partial charge in [-0.25, -0.2) is 4.39 Å². The van der Waals surface area contributed by atoms with E-state index in [1.165, 1.54) is 50.7 Å². The Labute approximate surface area is 130 Å². The maximum atomic E-state index is 13.5. The largest absolute Gasteiger partial charge is 0.389 e. The third kappa shape index (κ3) is 2.33. The fourth-order valence-electron chi connectivity index (χ4n) is 5.38.